The highest BCUT2D eigenvalue weighted by Crippen LogP contribution is 2.38. The second kappa shape index (κ2) is 7.91. The summed E-state index contributed by atoms with van der Waals surface area (Å²) >= 11 is 0. The highest BCUT2D eigenvalue weighted by Gasteiger charge is 2.16. The molecule has 0 bridgehead atoms. The number of benzene rings is 3. The van der Waals surface area contributed by atoms with Gasteiger partial charge in [0.1, 0.15) is 5.82 Å². The summed E-state index contributed by atoms with van der Waals surface area (Å²) < 4.78 is 21.8. The number of ether oxygens (including phenoxy) is 4. The maximum absolute atomic E-state index is 5.49. The van der Waals surface area contributed by atoms with Crippen molar-refractivity contribution < 1.29 is 18.9 Å². The second-order valence-corrected chi connectivity index (χ2v) is 6.80. The molecule has 1 aliphatic rings. The van der Waals surface area contributed by atoms with E-state index in [9.17, 15) is 0 Å². The van der Waals surface area contributed by atoms with Gasteiger partial charge in [-0.3, -0.25) is 0 Å². The summed E-state index contributed by atoms with van der Waals surface area (Å²) in [4.78, 5) is 9.39. The van der Waals surface area contributed by atoms with Crippen molar-refractivity contribution in [3.63, 3.8) is 0 Å². The summed E-state index contributed by atoms with van der Waals surface area (Å²) in [5, 5.41) is 7.41. The van der Waals surface area contributed by atoms with Gasteiger partial charge in [0.25, 0.3) is 0 Å². The molecule has 1 aromatic heterocycles. The van der Waals surface area contributed by atoms with E-state index in [1.165, 1.54) is 0 Å². The first-order valence-electron chi connectivity index (χ1n) is 9.66. The molecule has 0 amide bonds. The quantitative estimate of drug-likeness (QED) is 0.461. The Kier molecular flexibility index (Phi) is 4.80. The molecular formula is C23H20N4O4. The lowest BCUT2D eigenvalue weighted by Gasteiger charge is -2.15. The normalized spacial score (nSPS) is 11.9. The zero-order valence-corrected chi connectivity index (χ0v) is 17.0. The van der Waals surface area contributed by atoms with Crippen LogP contribution in [0.5, 0.6) is 23.0 Å². The lowest BCUT2D eigenvalue weighted by atomic mass is 10.2. The molecule has 0 fully saturated rings. The molecule has 8 heteroatoms. The number of methoxy groups -OCH3 is 2. The molecule has 2 heterocycles. The molecule has 0 radical (unpaired) electrons. The van der Waals surface area contributed by atoms with E-state index in [1.807, 2.05) is 60.7 Å². The van der Waals surface area contributed by atoms with Crippen LogP contribution >= 0.6 is 0 Å². The van der Waals surface area contributed by atoms with Crippen LogP contribution in [0.15, 0.2) is 60.7 Å². The van der Waals surface area contributed by atoms with Crippen LogP contribution in [0.2, 0.25) is 0 Å². The number of nitrogens with one attached hydrogen (secondary N) is 2. The Hall–Kier alpha value is -4.20. The summed E-state index contributed by atoms with van der Waals surface area (Å²) in [5.41, 5.74) is 2.40. The minimum Gasteiger partial charge on any atom is -0.493 e. The van der Waals surface area contributed by atoms with E-state index >= 15 is 0 Å². The van der Waals surface area contributed by atoms with Gasteiger partial charge in [0.05, 0.1) is 19.7 Å². The largest absolute Gasteiger partial charge is 0.493 e. The van der Waals surface area contributed by atoms with Gasteiger partial charge < -0.3 is 29.6 Å². The van der Waals surface area contributed by atoms with Crippen molar-refractivity contribution in [1.82, 2.24) is 9.97 Å². The lowest BCUT2D eigenvalue weighted by molar-refractivity contribution is 0.174. The number of fused-ring (bicyclic) bond motifs is 2. The Balaban J connectivity index is 1.60. The molecule has 5 rings (SSSR count). The number of hydrogen-bond acceptors (Lipinski definition) is 8. The van der Waals surface area contributed by atoms with Gasteiger partial charge in [0, 0.05) is 28.9 Å². The van der Waals surface area contributed by atoms with Crippen LogP contribution in [-0.4, -0.2) is 31.0 Å². The zero-order chi connectivity index (χ0) is 21.2. The molecule has 2 N–H and O–H groups in total. The third-order valence-electron chi connectivity index (χ3n) is 4.87. The fourth-order valence-corrected chi connectivity index (χ4v) is 3.37. The molecule has 0 saturated heterocycles. The van der Waals surface area contributed by atoms with Crippen molar-refractivity contribution in [2.45, 2.75) is 0 Å². The van der Waals surface area contributed by atoms with Gasteiger partial charge in [-0.05, 0) is 30.3 Å². The fraction of sp³-hybridized carbons (Fsp3) is 0.130. The second-order valence-electron chi connectivity index (χ2n) is 6.80. The van der Waals surface area contributed by atoms with Crippen LogP contribution in [0.1, 0.15) is 0 Å². The van der Waals surface area contributed by atoms with Crippen molar-refractivity contribution in [3.05, 3.63) is 60.7 Å². The van der Waals surface area contributed by atoms with Crippen molar-refractivity contribution in [2.75, 3.05) is 31.6 Å². The summed E-state index contributed by atoms with van der Waals surface area (Å²) in [6.45, 7) is 0.220. The molecule has 31 heavy (non-hydrogen) atoms. The first-order valence-corrected chi connectivity index (χ1v) is 9.66. The SMILES string of the molecule is COc1cc2nc(Nc3ccccc3)nc(Nc3ccc4c(c3)OCO4)c2cc1OC. The van der Waals surface area contributed by atoms with Crippen LogP contribution in [0, 0.1) is 0 Å². The minimum atomic E-state index is 0.220. The zero-order valence-electron chi connectivity index (χ0n) is 17.0. The number of hydrogen-bond donors (Lipinski definition) is 2. The Morgan fingerprint density at radius 1 is 0.774 bits per heavy atom. The van der Waals surface area contributed by atoms with Gasteiger partial charge in [-0.15, -0.1) is 0 Å². The van der Waals surface area contributed by atoms with Crippen LogP contribution in [0.3, 0.4) is 0 Å². The van der Waals surface area contributed by atoms with E-state index in [-0.39, 0.29) is 6.79 Å². The molecule has 0 unspecified atom stereocenters. The summed E-state index contributed by atoms with van der Waals surface area (Å²) in [7, 11) is 3.20. The average molecular weight is 416 g/mol. The molecule has 0 aliphatic carbocycles. The molecule has 0 spiro atoms. The molecule has 156 valence electrons. The number of anilines is 4. The van der Waals surface area contributed by atoms with Gasteiger partial charge in [-0.2, -0.15) is 4.98 Å². The summed E-state index contributed by atoms with van der Waals surface area (Å²) in [6.07, 6.45) is 0. The summed E-state index contributed by atoms with van der Waals surface area (Å²) in [6, 6.07) is 19.1. The molecule has 0 atom stereocenters. The Morgan fingerprint density at radius 3 is 2.35 bits per heavy atom. The molecule has 4 aromatic rings. The fourth-order valence-electron chi connectivity index (χ4n) is 3.37. The van der Waals surface area contributed by atoms with Crippen molar-refractivity contribution in [2.24, 2.45) is 0 Å². The number of para-hydroxylation sites is 1. The van der Waals surface area contributed by atoms with E-state index in [2.05, 4.69) is 15.6 Å². The average Bonchev–Trinajstić information content (AvgIpc) is 3.27. The van der Waals surface area contributed by atoms with E-state index in [0.29, 0.717) is 34.5 Å². The third-order valence-corrected chi connectivity index (χ3v) is 4.87. The highest BCUT2D eigenvalue weighted by molar-refractivity contribution is 5.94. The van der Waals surface area contributed by atoms with E-state index in [1.54, 1.807) is 14.2 Å². The van der Waals surface area contributed by atoms with Crippen LogP contribution in [-0.2, 0) is 0 Å². The highest BCUT2D eigenvalue weighted by atomic mass is 16.7. The Labute approximate surface area is 178 Å². The molecule has 8 nitrogen and oxygen atoms in total. The first kappa shape index (κ1) is 18.8. The van der Waals surface area contributed by atoms with E-state index in [0.717, 1.165) is 22.5 Å². The summed E-state index contributed by atoms with van der Waals surface area (Å²) in [5.74, 6) is 3.66. The van der Waals surface area contributed by atoms with Gasteiger partial charge in [0.2, 0.25) is 12.7 Å². The third kappa shape index (κ3) is 3.71. The van der Waals surface area contributed by atoms with Crippen molar-refractivity contribution >= 4 is 34.0 Å². The Bertz CT molecular complexity index is 1250. The maximum atomic E-state index is 5.49. The number of rotatable bonds is 6. The predicted octanol–water partition coefficient (Wildman–Crippen LogP) is 4.86. The first-order chi connectivity index (χ1) is 15.2. The minimum absolute atomic E-state index is 0.220. The van der Waals surface area contributed by atoms with Crippen LogP contribution in [0.4, 0.5) is 23.1 Å². The van der Waals surface area contributed by atoms with E-state index in [4.69, 9.17) is 23.9 Å². The number of aromatic nitrogens is 2. The van der Waals surface area contributed by atoms with Crippen molar-refractivity contribution in [1.29, 1.82) is 0 Å². The van der Waals surface area contributed by atoms with Gasteiger partial charge in [-0.1, -0.05) is 18.2 Å². The van der Waals surface area contributed by atoms with Gasteiger partial charge >= 0.3 is 0 Å². The molecule has 1 aliphatic heterocycles. The van der Waals surface area contributed by atoms with E-state index < -0.39 is 0 Å². The monoisotopic (exact) mass is 416 g/mol. The van der Waals surface area contributed by atoms with Crippen LogP contribution < -0.4 is 29.6 Å². The van der Waals surface area contributed by atoms with Crippen molar-refractivity contribution in [3.8, 4) is 23.0 Å². The predicted molar refractivity (Wildman–Crippen MR) is 118 cm³/mol. The smallest absolute Gasteiger partial charge is 0.231 e. The lowest BCUT2D eigenvalue weighted by Crippen LogP contribution is -2.03. The molecular weight excluding hydrogens is 396 g/mol. The molecule has 0 saturated carbocycles. The topological polar surface area (TPSA) is 86.8 Å². The molecule has 3 aromatic carbocycles. The number of nitrogens with zero attached hydrogens (tertiary/aromatic N) is 2. The maximum Gasteiger partial charge on any atom is 0.231 e. The standard InChI is InChI=1S/C23H20N4O4/c1-28-19-11-16-17(12-20(19)29-2)26-23(25-14-6-4-3-5-7-14)27-22(16)24-15-8-9-18-21(10-15)31-13-30-18/h3-12H,13H2,1-2H3,(H2,24,25,26,27). The van der Waals surface area contributed by atoms with Gasteiger partial charge in [0.15, 0.2) is 23.0 Å². The Morgan fingerprint density at radius 2 is 1.55 bits per heavy atom. The van der Waals surface area contributed by atoms with Crippen LogP contribution in [0.25, 0.3) is 10.9 Å². The van der Waals surface area contributed by atoms with Gasteiger partial charge in [-0.25, -0.2) is 4.98 Å².